The van der Waals surface area contributed by atoms with Crippen molar-refractivity contribution in [1.29, 1.82) is 0 Å². The van der Waals surface area contributed by atoms with E-state index in [4.69, 9.17) is 4.98 Å². The number of nitrogens with zero attached hydrogens (tertiary/aromatic N) is 2. The largest absolute Gasteiger partial charge is 0.507 e. The molecule has 0 aliphatic carbocycles. The van der Waals surface area contributed by atoms with Crippen LogP contribution in [0.15, 0.2) is 109 Å². The lowest BCUT2D eigenvalue weighted by atomic mass is 10.0. The Morgan fingerprint density at radius 1 is 0.853 bits per heavy atom. The van der Waals surface area contributed by atoms with Crippen LogP contribution in [0.5, 0.6) is 5.75 Å². The fourth-order valence-corrected chi connectivity index (χ4v) is 3.68. The van der Waals surface area contributed by atoms with Crippen LogP contribution in [0.3, 0.4) is 0 Å². The number of anilines is 2. The molecule has 0 atom stereocenters. The number of aromatic hydroxyl groups is 1. The number of benzene rings is 3. The van der Waals surface area contributed by atoms with Crippen molar-refractivity contribution in [3.63, 3.8) is 0 Å². The molecule has 0 bridgehead atoms. The molecule has 2 N–H and O–H groups in total. The highest BCUT2D eigenvalue weighted by Gasteiger charge is 2.11. The maximum Gasteiger partial charge on any atom is 0.185 e. The number of ketones is 1. The summed E-state index contributed by atoms with van der Waals surface area (Å²) < 4.78 is 0. The van der Waals surface area contributed by atoms with E-state index in [1.807, 2.05) is 60.7 Å². The van der Waals surface area contributed by atoms with Gasteiger partial charge in [0.15, 0.2) is 11.4 Å². The summed E-state index contributed by atoms with van der Waals surface area (Å²) in [5.74, 6) is 0.682. The van der Waals surface area contributed by atoms with Crippen molar-refractivity contribution in [2.75, 3.05) is 5.32 Å². The molecule has 164 valence electrons. The Hall–Kier alpha value is -4.77. The van der Waals surface area contributed by atoms with Crippen molar-refractivity contribution in [2.24, 2.45) is 0 Å². The van der Waals surface area contributed by atoms with Crippen molar-refractivity contribution in [3.8, 4) is 16.9 Å². The lowest BCUT2D eigenvalue weighted by Gasteiger charge is -2.13. The van der Waals surface area contributed by atoms with Crippen LogP contribution >= 0.6 is 0 Å². The van der Waals surface area contributed by atoms with Gasteiger partial charge in [-0.2, -0.15) is 0 Å². The van der Waals surface area contributed by atoms with E-state index in [1.165, 1.54) is 6.08 Å². The average molecular weight is 444 g/mol. The number of carbonyl (C=O) groups is 1. The van der Waals surface area contributed by atoms with Crippen LogP contribution < -0.4 is 5.32 Å². The Balaban J connectivity index is 1.41. The minimum absolute atomic E-state index is 0.137. The second kappa shape index (κ2) is 9.38. The molecule has 0 saturated heterocycles. The predicted molar refractivity (Wildman–Crippen MR) is 136 cm³/mol. The molecule has 0 aliphatic heterocycles. The second-order valence-electron chi connectivity index (χ2n) is 7.76. The van der Waals surface area contributed by atoms with Crippen LogP contribution in [-0.2, 0) is 0 Å². The number of fused-ring (bicyclic) bond motifs is 1. The van der Waals surface area contributed by atoms with Gasteiger partial charge in [0.2, 0.25) is 0 Å². The molecule has 0 amide bonds. The minimum atomic E-state index is -0.146. The topological polar surface area (TPSA) is 75.1 Å². The Morgan fingerprint density at radius 2 is 1.62 bits per heavy atom. The summed E-state index contributed by atoms with van der Waals surface area (Å²) in [5, 5.41) is 14.2. The summed E-state index contributed by atoms with van der Waals surface area (Å²) in [6.45, 7) is 0. The third kappa shape index (κ3) is 4.54. The summed E-state index contributed by atoms with van der Waals surface area (Å²) in [7, 11) is 0. The normalized spacial score (nSPS) is 11.1. The number of phenolic OH excluding ortho intramolecular Hbond substituents is 1. The fraction of sp³-hybridized carbons (Fsp3) is 0. The van der Waals surface area contributed by atoms with Gasteiger partial charge in [-0.05, 0) is 66.2 Å². The number of hydrogen-bond acceptors (Lipinski definition) is 5. The van der Waals surface area contributed by atoms with Crippen molar-refractivity contribution in [3.05, 3.63) is 120 Å². The average Bonchev–Trinajstić information content (AvgIpc) is 2.88. The number of allylic oxidation sites excluding steroid dienone is 1. The molecule has 0 saturated carbocycles. The molecule has 2 heterocycles. The van der Waals surface area contributed by atoms with Crippen LogP contribution in [0.25, 0.3) is 28.2 Å². The molecule has 0 unspecified atom stereocenters. The maximum atomic E-state index is 12.6. The second-order valence-corrected chi connectivity index (χ2v) is 7.76. The van der Waals surface area contributed by atoms with E-state index in [-0.39, 0.29) is 11.5 Å². The highest BCUT2D eigenvalue weighted by atomic mass is 16.3. The lowest BCUT2D eigenvalue weighted by Crippen LogP contribution is -1.99. The summed E-state index contributed by atoms with van der Waals surface area (Å²) >= 11 is 0. The monoisotopic (exact) mass is 443 g/mol. The summed E-state index contributed by atoms with van der Waals surface area (Å²) in [4.78, 5) is 21.7. The molecule has 5 aromatic rings. The molecule has 5 nitrogen and oxygen atoms in total. The third-order valence-corrected chi connectivity index (χ3v) is 5.46. The van der Waals surface area contributed by atoms with E-state index >= 15 is 0 Å². The van der Waals surface area contributed by atoms with Gasteiger partial charge >= 0.3 is 0 Å². The van der Waals surface area contributed by atoms with E-state index < -0.39 is 0 Å². The highest BCUT2D eigenvalue weighted by molar-refractivity contribution is 6.07. The summed E-state index contributed by atoms with van der Waals surface area (Å²) in [6.07, 6.45) is 4.80. The van der Waals surface area contributed by atoms with Crippen molar-refractivity contribution in [1.82, 2.24) is 9.97 Å². The Bertz CT molecular complexity index is 1490. The first-order valence-corrected chi connectivity index (χ1v) is 10.9. The molecule has 34 heavy (non-hydrogen) atoms. The zero-order chi connectivity index (χ0) is 23.3. The van der Waals surface area contributed by atoms with E-state index in [9.17, 15) is 9.90 Å². The first-order chi connectivity index (χ1) is 16.7. The number of para-hydroxylation sites is 1. The van der Waals surface area contributed by atoms with E-state index in [0.29, 0.717) is 22.6 Å². The summed E-state index contributed by atoms with van der Waals surface area (Å²) in [6, 6.07) is 30.1. The predicted octanol–water partition coefficient (Wildman–Crippen LogP) is 6.64. The van der Waals surface area contributed by atoms with Gasteiger partial charge in [0.05, 0.1) is 0 Å². The molecule has 2 aromatic heterocycles. The van der Waals surface area contributed by atoms with Gasteiger partial charge in [-0.3, -0.25) is 4.79 Å². The van der Waals surface area contributed by atoms with Crippen molar-refractivity contribution in [2.45, 2.75) is 0 Å². The zero-order valence-corrected chi connectivity index (χ0v) is 18.2. The SMILES string of the molecule is O=C(/C=C/c1ccccc1O)c1ccc(Nc2nc3ncccc3cc2-c2ccccc2)cc1. The zero-order valence-electron chi connectivity index (χ0n) is 18.2. The smallest absolute Gasteiger partial charge is 0.185 e. The van der Waals surface area contributed by atoms with Crippen LogP contribution in [-0.4, -0.2) is 20.9 Å². The van der Waals surface area contributed by atoms with Gasteiger partial charge in [-0.1, -0.05) is 48.5 Å². The standard InChI is InChI=1S/C29H21N3O2/c33-26-11-5-4-9-21(26)14-17-27(34)22-12-15-24(16-13-22)31-29-25(20-7-2-1-3-8-20)19-23-10-6-18-30-28(23)32-29/h1-19,33H,(H,30,31,32)/b17-14+. The molecule has 5 heteroatoms. The number of pyridine rings is 2. The minimum Gasteiger partial charge on any atom is -0.507 e. The van der Waals surface area contributed by atoms with Gasteiger partial charge in [-0.25, -0.2) is 9.97 Å². The highest BCUT2D eigenvalue weighted by Crippen LogP contribution is 2.31. The van der Waals surface area contributed by atoms with E-state index in [2.05, 4.69) is 16.4 Å². The molecular formula is C29H21N3O2. The van der Waals surface area contributed by atoms with E-state index in [1.54, 1.807) is 42.6 Å². The molecule has 0 spiro atoms. The van der Waals surface area contributed by atoms with Crippen LogP contribution in [0.4, 0.5) is 11.5 Å². The van der Waals surface area contributed by atoms with E-state index in [0.717, 1.165) is 22.2 Å². The van der Waals surface area contributed by atoms with Gasteiger partial charge in [-0.15, -0.1) is 0 Å². The number of aromatic nitrogens is 2. The Morgan fingerprint density at radius 3 is 2.41 bits per heavy atom. The van der Waals surface area contributed by atoms with Crippen molar-refractivity contribution >= 4 is 34.4 Å². The molecule has 0 fully saturated rings. The molecule has 0 aliphatic rings. The number of nitrogens with one attached hydrogen (secondary N) is 1. The number of phenols is 1. The lowest BCUT2D eigenvalue weighted by molar-refractivity contribution is 0.104. The van der Waals surface area contributed by atoms with Crippen LogP contribution in [0.2, 0.25) is 0 Å². The first kappa shape index (κ1) is 21.1. The molecule has 3 aromatic carbocycles. The fourth-order valence-electron chi connectivity index (χ4n) is 3.68. The Kier molecular flexibility index (Phi) is 5.82. The third-order valence-electron chi connectivity index (χ3n) is 5.46. The van der Waals surface area contributed by atoms with Crippen LogP contribution in [0, 0.1) is 0 Å². The summed E-state index contributed by atoms with van der Waals surface area (Å²) in [5.41, 5.74) is 4.62. The van der Waals surface area contributed by atoms with Gasteiger partial charge < -0.3 is 10.4 Å². The number of rotatable bonds is 6. The van der Waals surface area contributed by atoms with Gasteiger partial charge in [0.1, 0.15) is 11.6 Å². The maximum absolute atomic E-state index is 12.6. The number of carbonyl (C=O) groups excluding carboxylic acids is 1. The van der Waals surface area contributed by atoms with Crippen LogP contribution in [0.1, 0.15) is 15.9 Å². The Labute approximate surface area is 197 Å². The molecule has 5 rings (SSSR count). The number of hydrogen-bond donors (Lipinski definition) is 2. The molecule has 0 radical (unpaired) electrons. The first-order valence-electron chi connectivity index (χ1n) is 10.9. The van der Waals surface area contributed by atoms with Gasteiger partial charge in [0, 0.05) is 34.0 Å². The quantitative estimate of drug-likeness (QED) is 0.227. The van der Waals surface area contributed by atoms with Gasteiger partial charge in [0.25, 0.3) is 0 Å². The van der Waals surface area contributed by atoms with Crippen molar-refractivity contribution < 1.29 is 9.90 Å². The molecular weight excluding hydrogens is 422 g/mol.